The van der Waals surface area contributed by atoms with Gasteiger partial charge in [-0.15, -0.1) is 0 Å². The van der Waals surface area contributed by atoms with E-state index in [1.807, 2.05) is 20.8 Å². The van der Waals surface area contributed by atoms with Crippen molar-refractivity contribution in [2.45, 2.75) is 33.4 Å². The van der Waals surface area contributed by atoms with Crippen molar-refractivity contribution in [3.63, 3.8) is 0 Å². The molecule has 1 saturated heterocycles. The van der Waals surface area contributed by atoms with Gasteiger partial charge in [-0.25, -0.2) is 9.78 Å². The van der Waals surface area contributed by atoms with E-state index in [1.54, 1.807) is 18.3 Å². The lowest BCUT2D eigenvalue weighted by molar-refractivity contribution is 0.0378. The van der Waals surface area contributed by atoms with Crippen LogP contribution in [0.4, 0.5) is 5.82 Å². The summed E-state index contributed by atoms with van der Waals surface area (Å²) < 4.78 is 10.5. The minimum Gasteiger partial charge on any atom is -0.459 e. The van der Waals surface area contributed by atoms with E-state index in [0.29, 0.717) is 29.6 Å². The largest absolute Gasteiger partial charge is 0.459 e. The molecule has 0 spiro atoms. The van der Waals surface area contributed by atoms with Crippen LogP contribution in [0.15, 0.2) is 22.9 Å². The topological polar surface area (TPSA) is 84.6 Å². The summed E-state index contributed by atoms with van der Waals surface area (Å²) in [7, 11) is 0. The van der Waals surface area contributed by atoms with Crippen LogP contribution in [0.3, 0.4) is 0 Å². The van der Waals surface area contributed by atoms with Gasteiger partial charge in [0.15, 0.2) is 5.82 Å². The number of rotatable bonds is 5. The highest BCUT2D eigenvalue weighted by Gasteiger charge is 2.24. The van der Waals surface area contributed by atoms with Crippen LogP contribution in [-0.2, 0) is 11.3 Å². The first-order valence-corrected chi connectivity index (χ1v) is 8.45. The van der Waals surface area contributed by atoms with Gasteiger partial charge in [-0.3, -0.25) is 4.90 Å². The van der Waals surface area contributed by atoms with Crippen LogP contribution in [0, 0.1) is 6.92 Å². The second-order valence-electron chi connectivity index (χ2n) is 6.33. The molecule has 25 heavy (non-hydrogen) atoms. The summed E-state index contributed by atoms with van der Waals surface area (Å²) in [6.07, 6.45) is 1.55. The smallest absolute Gasteiger partial charge is 0.342 e. The fourth-order valence-electron chi connectivity index (χ4n) is 2.80. The molecule has 8 heteroatoms. The highest BCUT2D eigenvalue weighted by molar-refractivity contribution is 5.94. The van der Waals surface area contributed by atoms with Crippen molar-refractivity contribution in [3.05, 3.63) is 35.6 Å². The molecule has 0 aromatic carbocycles. The number of carbonyl (C=O) groups is 1. The van der Waals surface area contributed by atoms with Crippen LogP contribution in [0.1, 0.15) is 35.9 Å². The Morgan fingerprint density at radius 1 is 1.32 bits per heavy atom. The number of hydrogen-bond donors (Lipinski definition) is 0. The van der Waals surface area contributed by atoms with Gasteiger partial charge in [-0.1, -0.05) is 5.16 Å². The number of aromatic nitrogens is 3. The Morgan fingerprint density at radius 2 is 2.08 bits per heavy atom. The van der Waals surface area contributed by atoms with Gasteiger partial charge in [0.1, 0.15) is 11.4 Å². The molecule has 8 nitrogen and oxygen atoms in total. The molecular formula is C17H23N5O3. The van der Waals surface area contributed by atoms with Gasteiger partial charge < -0.3 is 14.2 Å². The average Bonchev–Trinajstić information content (AvgIpc) is 3.00. The second-order valence-corrected chi connectivity index (χ2v) is 6.33. The lowest BCUT2D eigenvalue weighted by Gasteiger charge is -2.35. The third-order valence-corrected chi connectivity index (χ3v) is 3.95. The SMILES string of the molecule is Cc1noc(CN2CCN(c3ncccc3C(=O)OC(C)C)CC2)n1. The van der Waals surface area contributed by atoms with Gasteiger partial charge in [0.25, 0.3) is 0 Å². The molecule has 134 valence electrons. The summed E-state index contributed by atoms with van der Waals surface area (Å²) >= 11 is 0. The number of aryl methyl sites for hydroxylation is 1. The Kier molecular flexibility index (Phi) is 5.28. The molecule has 0 bridgehead atoms. The third-order valence-electron chi connectivity index (χ3n) is 3.95. The number of pyridine rings is 1. The zero-order valence-corrected chi connectivity index (χ0v) is 14.8. The monoisotopic (exact) mass is 345 g/mol. The maximum Gasteiger partial charge on any atom is 0.342 e. The normalized spacial score (nSPS) is 15.6. The summed E-state index contributed by atoms with van der Waals surface area (Å²) in [5.74, 6) is 1.63. The molecule has 0 aliphatic carbocycles. The first-order valence-electron chi connectivity index (χ1n) is 8.45. The molecule has 1 aliphatic heterocycles. The maximum atomic E-state index is 12.3. The van der Waals surface area contributed by atoms with Crippen molar-refractivity contribution < 1.29 is 14.1 Å². The van der Waals surface area contributed by atoms with Gasteiger partial charge in [0.2, 0.25) is 5.89 Å². The van der Waals surface area contributed by atoms with Crippen LogP contribution in [0.25, 0.3) is 0 Å². The second kappa shape index (κ2) is 7.60. The van der Waals surface area contributed by atoms with Crippen molar-refractivity contribution in [2.75, 3.05) is 31.1 Å². The zero-order valence-electron chi connectivity index (χ0n) is 14.8. The van der Waals surface area contributed by atoms with Gasteiger partial charge in [0.05, 0.1) is 12.6 Å². The highest BCUT2D eigenvalue weighted by Crippen LogP contribution is 2.21. The average molecular weight is 345 g/mol. The van der Waals surface area contributed by atoms with Crippen molar-refractivity contribution >= 4 is 11.8 Å². The van der Waals surface area contributed by atoms with E-state index in [2.05, 4.69) is 24.9 Å². The molecule has 0 amide bonds. The molecule has 3 rings (SSSR count). The van der Waals surface area contributed by atoms with Crippen LogP contribution in [0.5, 0.6) is 0 Å². The van der Waals surface area contributed by atoms with Gasteiger partial charge in [-0.05, 0) is 32.9 Å². The van der Waals surface area contributed by atoms with Crippen LogP contribution in [0.2, 0.25) is 0 Å². The molecule has 0 atom stereocenters. The fourth-order valence-corrected chi connectivity index (χ4v) is 2.80. The molecule has 3 heterocycles. The molecule has 0 saturated carbocycles. The lowest BCUT2D eigenvalue weighted by Crippen LogP contribution is -2.46. The summed E-state index contributed by atoms with van der Waals surface area (Å²) in [6.45, 7) is 9.33. The number of hydrogen-bond acceptors (Lipinski definition) is 8. The van der Waals surface area contributed by atoms with Crippen molar-refractivity contribution in [2.24, 2.45) is 0 Å². The summed E-state index contributed by atoms with van der Waals surface area (Å²) in [4.78, 5) is 25.3. The molecular weight excluding hydrogens is 322 g/mol. The van der Waals surface area contributed by atoms with E-state index >= 15 is 0 Å². The Bertz CT molecular complexity index is 723. The van der Waals surface area contributed by atoms with Crippen LogP contribution >= 0.6 is 0 Å². The molecule has 2 aromatic rings. The number of anilines is 1. The van der Waals surface area contributed by atoms with Gasteiger partial charge >= 0.3 is 5.97 Å². The Hall–Kier alpha value is -2.48. The molecule has 0 radical (unpaired) electrons. The summed E-state index contributed by atoms with van der Waals surface area (Å²) in [5.41, 5.74) is 0.511. The number of esters is 1. The van der Waals surface area contributed by atoms with E-state index in [9.17, 15) is 4.79 Å². The van der Waals surface area contributed by atoms with Crippen molar-refractivity contribution in [3.8, 4) is 0 Å². The number of ether oxygens (including phenoxy) is 1. The van der Waals surface area contributed by atoms with Gasteiger partial charge in [-0.2, -0.15) is 4.98 Å². The Balaban J connectivity index is 1.64. The molecule has 1 fully saturated rings. The predicted molar refractivity (Wildman–Crippen MR) is 91.3 cm³/mol. The van der Waals surface area contributed by atoms with Crippen LogP contribution < -0.4 is 4.90 Å². The molecule has 0 unspecified atom stereocenters. The zero-order chi connectivity index (χ0) is 17.8. The molecule has 1 aliphatic rings. The van der Waals surface area contributed by atoms with Crippen molar-refractivity contribution in [1.29, 1.82) is 0 Å². The first kappa shape index (κ1) is 17.3. The Morgan fingerprint density at radius 3 is 2.72 bits per heavy atom. The summed E-state index contributed by atoms with van der Waals surface area (Å²) in [5, 5.41) is 3.81. The maximum absolute atomic E-state index is 12.3. The van der Waals surface area contributed by atoms with E-state index in [0.717, 1.165) is 26.2 Å². The van der Waals surface area contributed by atoms with Crippen molar-refractivity contribution in [1.82, 2.24) is 20.0 Å². The van der Waals surface area contributed by atoms with E-state index < -0.39 is 0 Å². The quantitative estimate of drug-likeness (QED) is 0.757. The number of carbonyl (C=O) groups excluding carboxylic acids is 1. The first-order chi connectivity index (χ1) is 12.0. The lowest BCUT2D eigenvalue weighted by atomic mass is 10.2. The number of piperazine rings is 1. The highest BCUT2D eigenvalue weighted by atomic mass is 16.5. The van der Waals surface area contributed by atoms with E-state index in [-0.39, 0.29) is 12.1 Å². The summed E-state index contributed by atoms with van der Waals surface area (Å²) in [6, 6.07) is 3.52. The Labute approximate surface area is 146 Å². The van der Waals surface area contributed by atoms with Crippen LogP contribution in [-0.4, -0.2) is 58.3 Å². The standard InChI is InChI=1S/C17H23N5O3/c1-12(2)24-17(23)14-5-4-6-18-16(14)22-9-7-21(8-10-22)11-15-19-13(3)20-25-15/h4-6,12H,7-11H2,1-3H3. The van der Waals surface area contributed by atoms with E-state index in [1.165, 1.54) is 0 Å². The fraction of sp³-hybridized carbons (Fsp3) is 0.529. The number of nitrogens with zero attached hydrogens (tertiary/aromatic N) is 5. The minimum absolute atomic E-state index is 0.157. The molecule has 2 aromatic heterocycles. The predicted octanol–water partition coefficient (Wildman–Crippen LogP) is 1.66. The molecule has 0 N–H and O–H groups in total. The minimum atomic E-state index is -0.332. The third kappa shape index (κ3) is 4.33. The van der Waals surface area contributed by atoms with Gasteiger partial charge in [0, 0.05) is 32.4 Å². The van der Waals surface area contributed by atoms with E-state index in [4.69, 9.17) is 9.26 Å².